The van der Waals surface area contributed by atoms with Crippen molar-refractivity contribution in [2.24, 2.45) is 0 Å². The van der Waals surface area contributed by atoms with Gasteiger partial charge in [0.25, 0.3) is 22.2 Å². The maximum Gasteiger partial charge on any atom is 0.340 e. The molecule has 0 saturated carbocycles. The summed E-state index contributed by atoms with van der Waals surface area (Å²) in [5.41, 5.74) is -4.74. The van der Waals surface area contributed by atoms with E-state index in [4.69, 9.17) is 4.74 Å². The van der Waals surface area contributed by atoms with Crippen LogP contribution in [0.25, 0.3) is 21.5 Å². The van der Waals surface area contributed by atoms with E-state index >= 15 is 0 Å². The summed E-state index contributed by atoms with van der Waals surface area (Å²) in [6.45, 7) is 0. The monoisotopic (exact) mass is 426 g/mol. The van der Waals surface area contributed by atoms with Gasteiger partial charge in [-0.15, -0.1) is 0 Å². The summed E-state index contributed by atoms with van der Waals surface area (Å²) in [6, 6.07) is 4.39. The molecule has 31 heavy (non-hydrogen) atoms. The lowest BCUT2D eigenvalue weighted by molar-refractivity contribution is 0.0689. The number of ether oxygens (including phenoxy) is 1. The topological polar surface area (TPSA) is 215 Å². The molecule has 0 aliphatic heterocycles. The van der Waals surface area contributed by atoms with Crippen LogP contribution in [0.1, 0.15) is 20.7 Å². The van der Waals surface area contributed by atoms with Gasteiger partial charge in [-0.2, -0.15) is 0 Å². The molecule has 0 aliphatic rings. The molecule has 0 fully saturated rings. The van der Waals surface area contributed by atoms with Crippen LogP contribution in [-0.2, 0) is 0 Å². The summed E-state index contributed by atoms with van der Waals surface area (Å²) in [5, 5.41) is 26.0. The standard InChI is InChI=1S/C18H10N4O9/c23-13-5-1-3-7(11(17(27)28)9(5)15(25)21-19-13)31-8-4-2-6-10(12(8)18(29)30)16(26)22-20-14(6)24/h1-4H,(H,19,23)(H,20,24)(H,21,25)(H,22,26)(H,27,28)(H,29,30). The molecular weight excluding hydrogens is 416 g/mol. The van der Waals surface area contributed by atoms with Gasteiger partial charge in [0.1, 0.15) is 22.6 Å². The van der Waals surface area contributed by atoms with Gasteiger partial charge in [0.05, 0.1) is 21.5 Å². The molecule has 2 aromatic carbocycles. The van der Waals surface area contributed by atoms with Gasteiger partial charge in [-0.25, -0.2) is 9.59 Å². The zero-order valence-electron chi connectivity index (χ0n) is 15.1. The highest BCUT2D eigenvalue weighted by molar-refractivity contribution is 6.07. The Hall–Kier alpha value is -4.94. The third-order valence-corrected chi connectivity index (χ3v) is 4.50. The van der Waals surface area contributed by atoms with Crippen LogP contribution in [0.15, 0.2) is 43.4 Å². The molecule has 6 N–H and O–H groups in total. The minimum atomic E-state index is -1.62. The quantitative estimate of drug-likeness (QED) is 0.257. The Kier molecular flexibility index (Phi) is 4.27. The van der Waals surface area contributed by atoms with Crippen LogP contribution in [0.3, 0.4) is 0 Å². The summed E-state index contributed by atoms with van der Waals surface area (Å²) >= 11 is 0. The number of carboxylic acids is 2. The third-order valence-electron chi connectivity index (χ3n) is 4.50. The Morgan fingerprint density at radius 1 is 0.613 bits per heavy atom. The van der Waals surface area contributed by atoms with Crippen LogP contribution in [-0.4, -0.2) is 42.5 Å². The van der Waals surface area contributed by atoms with Crippen molar-refractivity contribution in [3.8, 4) is 11.5 Å². The van der Waals surface area contributed by atoms with E-state index in [-0.39, 0.29) is 10.8 Å². The van der Waals surface area contributed by atoms with Crippen LogP contribution >= 0.6 is 0 Å². The molecular formula is C18H10N4O9. The lowest BCUT2D eigenvalue weighted by Crippen LogP contribution is -2.22. The van der Waals surface area contributed by atoms with Crippen molar-refractivity contribution in [3.05, 3.63) is 76.8 Å². The minimum Gasteiger partial charge on any atom is -0.478 e. The number of rotatable bonds is 4. The van der Waals surface area contributed by atoms with Gasteiger partial charge in [0.2, 0.25) is 0 Å². The number of aromatic nitrogens is 4. The highest BCUT2D eigenvalue weighted by atomic mass is 16.5. The molecule has 0 aliphatic carbocycles. The Morgan fingerprint density at radius 3 is 1.32 bits per heavy atom. The number of carboxylic acid groups (broad SMARTS) is 2. The maximum absolute atomic E-state index is 12.2. The lowest BCUT2D eigenvalue weighted by atomic mass is 10.0. The normalized spacial score (nSPS) is 11.0. The van der Waals surface area contributed by atoms with Crippen LogP contribution in [0.4, 0.5) is 0 Å². The van der Waals surface area contributed by atoms with Gasteiger partial charge in [-0.3, -0.25) is 39.6 Å². The van der Waals surface area contributed by atoms with E-state index in [9.17, 15) is 39.0 Å². The van der Waals surface area contributed by atoms with Gasteiger partial charge in [0.15, 0.2) is 0 Å². The first kappa shape index (κ1) is 19.4. The largest absolute Gasteiger partial charge is 0.478 e. The molecule has 0 bridgehead atoms. The Labute approximate surface area is 167 Å². The number of benzene rings is 2. The van der Waals surface area contributed by atoms with E-state index in [1.807, 2.05) is 10.2 Å². The lowest BCUT2D eigenvalue weighted by Gasteiger charge is -2.13. The number of aromatic amines is 4. The first-order valence-electron chi connectivity index (χ1n) is 8.40. The Bertz CT molecular complexity index is 1530. The number of nitrogens with one attached hydrogen (secondary N) is 4. The molecule has 0 saturated heterocycles. The van der Waals surface area contributed by atoms with E-state index in [0.717, 1.165) is 24.3 Å². The molecule has 0 amide bonds. The maximum atomic E-state index is 12.2. The number of hydrogen-bond donors (Lipinski definition) is 6. The van der Waals surface area contributed by atoms with Crippen LogP contribution in [0.2, 0.25) is 0 Å². The van der Waals surface area contributed by atoms with Gasteiger partial charge >= 0.3 is 11.9 Å². The van der Waals surface area contributed by atoms with Gasteiger partial charge in [-0.1, -0.05) is 0 Å². The number of carbonyl (C=O) groups is 2. The molecule has 0 radical (unpaired) electrons. The van der Waals surface area contributed by atoms with Gasteiger partial charge < -0.3 is 14.9 Å². The molecule has 13 heteroatoms. The Balaban J connectivity index is 2.05. The second-order valence-corrected chi connectivity index (χ2v) is 6.25. The first-order valence-corrected chi connectivity index (χ1v) is 8.40. The van der Waals surface area contributed by atoms with Gasteiger partial charge in [-0.05, 0) is 24.3 Å². The summed E-state index contributed by atoms with van der Waals surface area (Å²) in [5.74, 6) is -4.16. The molecule has 13 nitrogen and oxygen atoms in total. The molecule has 0 spiro atoms. The fourth-order valence-electron chi connectivity index (χ4n) is 3.22. The van der Waals surface area contributed by atoms with Crippen LogP contribution in [0, 0.1) is 0 Å². The highest BCUT2D eigenvalue weighted by Crippen LogP contribution is 2.33. The van der Waals surface area contributed by atoms with Crippen molar-refractivity contribution >= 4 is 33.5 Å². The van der Waals surface area contributed by atoms with E-state index in [1.54, 1.807) is 0 Å². The fraction of sp³-hybridized carbons (Fsp3) is 0. The van der Waals surface area contributed by atoms with Crippen molar-refractivity contribution < 1.29 is 24.5 Å². The zero-order chi connectivity index (χ0) is 22.4. The second-order valence-electron chi connectivity index (χ2n) is 6.25. The van der Waals surface area contributed by atoms with E-state index in [1.165, 1.54) is 0 Å². The molecule has 4 aromatic rings. The average molecular weight is 426 g/mol. The smallest absolute Gasteiger partial charge is 0.340 e. The fourth-order valence-corrected chi connectivity index (χ4v) is 3.22. The van der Waals surface area contributed by atoms with Crippen molar-refractivity contribution in [3.63, 3.8) is 0 Å². The predicted molar refractivity (Wildman–Crippen MR) is 104 cm³/mol. The average Bonchev–Trinajstić information content (AvgIpc) is 2.72. The summed E-state index contributed by atoms with van der Waals surface area (Å²) in [4.78, 5) is 71.9. The highest BCUT2D eigenvalue weighted by Gasteiger charge is 2.24. The van der Waals surface area contributed by atoms with Gasteiger partial charge in [0, 0.05) is 0 Å². The summed E-state index contributed by atoms with van der Waals surface area (Å²) < 4.78 is 5.48. The number of H-pyrrole nitrogens is 4. The minimum absolute atomic E-state index is 0.228. The van der Waals surface area contributed by atoms with Crippen molar-refractivity contribution in [2.75, 3.05) is 0 Å². The molecule has 156 valence electrons. The number of fused-ring (bicyclic) bond motifs is 2. The Morgan fingerprint density at radius 2 is 0.968 bits per heavy atom. The predicted octanol–water partition coefficient (Wildman–Crippen LogP) is -0.0651. The van der Waals surface area contributed by atoms with Crippen molar-refractivity contribution in [2.45, 2.75) is 0 Å². The molecule has 0 unspecified atom stereocenters. The molecule has 0 atom stereocenters. The summed E-state index contributed by atoms with van der Waals surface area (Å²) in [7, 11) is 0. The number of hydrogen-bond acceptors (Lipinski definition) is 7. The van der Waals surface area contributed by atoms with E-state index < -0.39 is 67.6 Å². The number of aromatic carboxylic acids is 2. The van der Waals surface area contributed by atoms with Crippen molar-refractivity contribution in [1.82, 2.24) is 20.4 Å². The molecule has 2 heterocycles. The van der Waals surface area contributed by atoms with Crippen LogP contribution < -0.4 is 27.0 Å². The second kappa shape index (κ2) is 6.84. The zero-order valence-corrected chi connectivity index (χ0v) is 15.1. The van der Waals surface area contributed by atoms with Crippen LogP contribution in [0.5, 0.6) is 11.5 Å². The van der Waals surface area contributed by atoms with Crippen molar-refractivity contribution in [1.29, 1.82) is 0 Å². The SMILES string of the molecule is O=C(O)c1c(Oc2ccc3c(=O)[nH][nH]c(=O)c3c2C(=O)O)ccc2c(=O)[nH][nH]c(=O)c12. The van der Waals surface area contributed by atoms with E-state index in [2.05, 4.69) is 10.2 Å². The summed E-state index contributed by atoms with van der Waals surface area (Å²) in [6.07, 6.45) is 0. The first-order chi connectivity index (χ1) is 14.7. The third kappa shape index (κ3) is 2.96. The van der Waals surface area contributed by atoms with E-state index in [0.29, 0.717) is 0 Å². The molecule has 2 aromatic heterocycles. The molecule has 4 rings (SSSR count).